The van der Waals surface area contributed by atoms with Gasteiger partial charge in [-0.2, -0.15) is 5.26 Å². The SMILES string of the molecule is CN1CCN(c2cccc3c2C[C@H](NC(=O)c2ccc(C#N)cc2)CC3)CC1. The Morgan fingerprint density at radius 1 is 1.11 bits per heavy atom. The number of nitriles is 1. The Labute approximate surface area is 166 Å². The summed E-state index contributed by atoms with van der Waals surface area (Å²) in [5.74, 6) is -0.0602. The normalized spacial score (nSPS) is 19.6. The number of likely N-dealkylation sites (N-methyl/N-ethyl adjacent to an activating group) is 1. The fourth-order valence-corrected chi connectivity index (χ4v) is 4.20. The fraction of sp³-hybridized carbons (Fsp3) is 0.391. The molecular formula is C23H26N4O. The number of hydrogen-bond donors (Lipinski definition) is 1. The van der Waals surface area contributed by atoms with E-state index in [0.29, 0.717) is 11.1 Å². The number of rotatable bonds is 3. The van der Waals surface area contributed by atoms with Crippen LogP contribution in [0.5, 0.6) is 0 Å². The van der Waals surface area contributed by atoms with Gasteiger partial charge in [0, 0.05) is 43.5 Å². The number of nitrogens with zero attached hydrogens (tertiary/aromatic N) is 3. The minimum absolute atomic E-state index is 0.0602. The first kappa shape index (κ1) is 18.5. The van der Waals surface area contributed by atoms with E-state index in [0.717, 1.165) is 45.4 Å². The Morgan fingerprint density at radius 3 is 2.57 bits per heavy atom. The number of carbonyl (C=O) groups excluding carboxylic acids is 1. The van der Waals surface area contributed by atoms with E-state index in [1.165, 1.54) is 16.8 Å². The topological polar surface area (TPSA) is 59.4 Å². The van der Waals surface area contributed by atoms with E-state index in [2.05, 4.69) is 46.4 Å². The monoisotopic (exact) mass is 374 g/mol. The Hall–Kier alpha value is -2.84. The summed E-state index contributed by atoms with van der Waals surface area (Å²) in [5.41, 5.74) is 5.32. The molecule has 5 nitrogen and oxygen atoms in total. The molecule has 2 aromatic carbocycles. The molecule has 1 aliphatic heterocycles. The number of piperazine rings is 1. The van der Waals surface area contributed by atoms with Crippen molar-refractivity contribution in [1.82, 2.24) is 10.2 Å². The highest BCUT2D eigenvalue weighted by Gasteiger charge is 2.25. The second-order valence-corrected chi connectivity index (χ2v) is 7.81. The predicted octanol–water partition coefficient (Wildman–Crippen LogP) is 2.60. The Balaban J connectivity index is 1.48. The number of amides is 1. The van der Waals surface area contributed by atoms with Crippen molar-refractivity contribution in [1.29, 1.82) is 5.26 Å². The first-order chi connectivity index (χ1) is 13.6. The molecule has 0 spiro atoms. The van der Waals surface area contributed by atoms with Crippen molar-refractivity contribution in [2.75, 3.05) is 38.1 Å². The Kier molecular flexibility index (Phi) is 5.31. The number of nitrogens with one attached hydrogen (secondary N) is 1. The molecule has 0 saturated carbocycles. The van der Waals surface area contributed by atoms with E-state index in [4.69, 9.17) is 5.26 Å². The summed E-state index contributed by atoms with van der Waals surface area (Å²) >= 11 is 0. The van der Waals surface area contributed by atoms with E-state index in [9.17, 15) is 4.79 Å². The molecule has 1 fully saturated rings. The van der Waals surface area contributed by atoms with Crippen LogP contribution in [0, 0.1) is 11.3 Å². The highest BCUT2D eigenvalue weighted by atomic mass is 16.1. The molecule has 2 aromatic rings. The summed E-state index contributed by atoms with van der Waals surface area (Å²) in [6.07, 6.45) is 2.83. The summed E-state index contributed by atoms with van der Waals surface area (Å²) in [5, 5.41) is 12.1. The number of carbonyl (C=O) groups is 1. The van der Waals surface area contributed by atoms with Crippen LogP contribution in [0.2, 0.25) is 0 Å². The van der Waals surface area contributed by atoms with E-state index < -0.39 is 0 Å². The molecule has 1 N–H and O–H groups in total. The van der Waals surface area contributed by atoms with Crippen LogP contribution in [0.25, 0.3) is 0 Å². The van der Waals surface area contributed by atoms with Gasteiger partial charge in [-0.05, 0) is 67.8 Å². The summed E-state index contributed by atoms with van der Waals surface area (Å²) in [6.45, 7) is 4.27. The summed E-state index contributed by atoms with van der Waals surface area (Å²) in [4.78, 5) is 17.5. The minimum Gasteiger partial charge on any atom is -0.369 e. The van der Waals surface area contributed by atoms with Crippen LogP contribution >= 0.6 is 0 Å². The van der Waals surface area contributed by atoms with Gasteiger partial charge in [-0.25, -0.2) is 0 Å². The number of fused-ring (bicyclic) bond motifs is 1. The number of hydrogen-bond acceptors (Lipinski definition) is 4. The molecule has 4 rings (SSSR count). The van der Waals surface area contributed by atoms with Crippen molar-refractivity contribution in [3.8, 4) is 6.07 Å². The van der Waals surface area contributed by atoms with Crippen LogP contribution in [0.1, 0.15) is 33.5 Å². The highest BCUT2D eigenvalue weighted by molar-refractivity contribution is 5.94. The second-order valence-electron chi connectivity index (χ2n) is 7.81. The van der Waals surface area contributed by atoms with Gasteiger partial charge in [-0.3, -0.25) is 4.79 Å². The number of benzene rings is 2. The van der Waals surface area contributed by atoms with E-state index in [-0.39, 0.29) is 11.9 Å². The quantitative estimate of drug-likeness (QED) is 0.897. The maximum absolute atomic E-state index is 12.6. The third-order valence-electron chi connectivity index (χ3n) is 5.92. The number of aryl methyl sites for hydroxylation is 1. The molecule has 0 aromatic heterocycles. The summed E-state index contributed by atoms with van der Waals surface area (Å²) in [7, 11) is 2.17. The minimum atomic E-state index is -0.0602. The van der Waals surface area contributed by atoms with Crippen LogP contribution in [0.3, 0.4) is 0 Å². The highest BCUT2D eigenvalue weighted by Crippen LogP contribution is 2.31. The van der Waals surface area contributed by atoms with Crippen LogP contribution < -0.4 is 10.2 Å². The van der Waals surface area contributed by atoms with Crippen molar-refractivity contribution in [2.24, 2.45) is 0 Å². The predicted molar refractivity (Wildman–Crippen MR) is 111 cm³/mol. The Bertz CT molecular complexity index is 892. The first-order valence-corrected chi connectivity index (χ1v) is 9.99. The van der Waals surface area contributed by atoms with Crippen molar-refractivity contribution < 1.29 is 4.79 Å². The molecule has 0 bridgehead atoms. The molecule has 144 valence electrons. The van der Waals surface area contributed by atoms with Gasteiger partial charge in [0.2, 0.25) is 0 Å². The second kappa shape index (κ2) is 8.04. The molecule has 28 heavy (non-hydrogen) atoms. The van der Waals surface area contributed by atoms with Crippen LogP contribution in [-0.4, -0.2) is 50.1 Å². The molecule has 1 heterocycles. The van der Waals surface area contributed by atoms with Gasteiger partial charge in [0.1, 0.15) is 0 Å². The molecule has 2 aliphatic rings. The number of anilines is 1. The average molecular weight is 374 g/mol. The third kappa shape index (κ3) is 3.88. The van der Waals surface area contributed by atoms with Crippen LogP contribution in [-0.2, 0) is 12.8 Å². The van der Waals surface area contributed by atoms with Gasteiger partial charge in [0.05, 0.1) is 11.6 Å². The van der Waals surface area contributed by atoms with E-state index in [1.807, 2.05) is 0 Å². The van der Waals surface area contributed by atoms with Gasteiger partial charge in [0.25, 0.3) is 5.91 Å². The molecule has 5 heteroatoms. The molecular weight excluding hydrogens is 348 g/mol. The van der Waals surface area contributed by atoms with Crippen molar-refractivity contribution >= 4 is 11.6 Å². The summed E-state index contributed by atoms with van der Waals surface area (Å²) < 4.78 is 0. The zero-order valence-corrected chi connectivity index (χ0v) is 16.3. The molecule has 1 amide bonds. The maximum Gasteiger partial charge on any atom is 0.251 e. The van der Waals surface area contributed by atoms with Crippen molar-refractivity contribution in [3.63, 3.8) is 0 Å². The Morgan fingerprint density at radius 2 is 1.86 bits per heavy atom. The van der Waals surface area contributed by atoms with Crippen LogP contribution in [0.15, 0.2) is 42.5 Å². The fourth-order valence-electron chi connectivity index (χ4n) is 4.20. The van der Waals surface area contributed by atoms with Gasteiger partial charge in [-0.1, -0.05) is 12.1 Å². The van der Waals surface area contributed by atoms with Gasteiger partial charge in [0.15, 0.2) is 0 Å². The first-order valence-electron chi connectivity index (χ1n) is 9.99. The summed E-state index contributed by atoms with van der Waals surface area (Å²) in [6, 6.07) is 15.7. The average Bonchev–Trinajstić information content (AvgIpc) is 2.74. The molecule has 1 aliphatic carbocycles. The zero-order chi connectivity index (χ0) is 19.5. The lowest BCUT2D eigenvalue weighted by Gasteiger charge is -2.37. The lowest BCUT2D eigenvalue weighted by atomic mass is 9.86. The van der Waals surface area contributed by atoms with E-state index >= 15 is 0 Å². The van der Waals surface area contributed by atoms with Gasteiger partial charge >= 0.3 is 0 Å². The van der Waals surface area contributed by atoms with E-state index in [1.54, 1.807) is 24.3 Å². The lowest BCUT2D eigenvalue weighted by molar-refractivity contribution is 0.0933. The van der Waals surface area contributed by atoms with Crippen molar-refractivity contribution in [2.45, 2.75) is 25.3 Å². The van der Waals surface area contributed by atoms with Gasteiger partial charge < -0.3 is 15.1 Å². The lowest BCUT2D eigenvalue weighted by Crippen LogP contribution is -2.45. The molecule has 0 unspecified atom stereocenters. The molecule has 1 atom stereocenters. The molecule has 0 radical (unpaired) electrons. The smallest absolute Gasteiger partial charge is 0.251 e. The zero-order valence-electron chi connectivity index (χ0n) is 16.3. The molecule has 1 saturated heterocycles. The van der Waals surface area contributed by atoms with Crippen LogP contribution in [0.4, 0.5) is 5.69 Å². The van der Waals surface area contributed by atoms with Crippen molar-refractivity contribution in [3.05, 3.63) is 64.7 Å². The maximum atomic E-state index is 12.6. The third-order valence-corrected chi connectivity index (χ3v) is 5.92. The van der Waals surface area contributed by atoms with Gasteiger partial charge in [-0.15, -0.1) is 0 Å². The standard InChI is InChI=1S/C23H26N4O/c1-26-11-13-27(14-12-26)22-4-2-3-18-9-10-20(15-21(18)22)25-23(28)19-7-5-17(16-24)6-8-19/h2-8,20H,9-15H2,1H3,(H,25,28)/t20-/m1/s1. The largest absolute Gasteiger partial charge is 0.369 e.